The molecule has 0 aliphatic rings. The van der Waals surface area contributed by atoms with Crippen molar-refractivity contribution in [2.75, 3.05) is 0 Å². The molecule has 0 fully saturated rings. The minimum Gasteiger partial charge on any atom is -0.532 e. The van der Waals surface area contributed by atoms with Crippen LogP contribution in [0.1, 0.15) is 0 Å². The molecule has 0 radical (unpaired) electrons. The van der Waals surface area contributed by atoms with E-state index in [0.29, 0.717) is 12.1 Å². The summed E-state index contributed by atoms with van der Waals surface area (Å²) in [5, 5.41) is 20.3. The Kier molecular flexibility index (Phi) is 7.20. The van der Waals surface area contributed by atoms with Gasteiger partial charge in [0.25, 0.3) is 11.4 Å². The van der Waals surface area contributed by atoms with Gasteiger partial charge in [0, 0.05) is 0 Å². The third-order valence-electron chi connectivity index (χ3n) is 1.57. The van der Waals surface area contributed by atoms with Crippen molar-refractivity contribution in [3.63, 3.8) is 0 Å². The molecule has 0 aliphatic heterocycles. The number of halogens is 1. The summed E-state index contributed by atoms with van der Waals surface area (Å²) in [6.07, 6.45) is 0. The first-order valence-corrected chi connectivity index (χ1v) is 5.10. The average molecular weight is 321 g/mol. The quantitative estimate of drug-likeness (QED) is 0.293. The molecule has 0 aliphatic carbocycles. The van der Waals surface area contributed by atoms with E-state index in [0.717, 1.165) is 0 Å². The fourth-order valence-corrected chi connectivity index (χ4v) is 1.46. The molecule has 1 aromatic carbocycles. The van der Waals surface area contributed by atoms with Gasteiger partial charge in [0.1, 0.15) is 16.7 Å². The summed E-state index contributed by atoms with van der Waals surface area (Å²) in [5.74, 6) is -0.568. The van der Waals surface area contributed by atoms with Gasteiger partial charge in [-0.1, -0.05) is 11.6 Å². The fraction of sp³-hybridized carbons (Fsp3) is 0. The van der Waals surface area contributed by atoms with Gasteiger partial charge < -0.3 is 12.6 Å². The van der Waals surface area contributed by atoms with Crippen LogP contribution in [0.5, 0.6) is 5.75 Å². The van der Waals surface area contributed by atoms with Crippen molar-refractivity contribution in [3.8, 4) is 5.75 Å². The van der Waals surface area contributed by atoms with Crippen LogP contribution in [-0.4, -0.2) is 9.85 Å². The van der Waals surface area contributed by atoms with E-state index in [1.54, 1.807) is 0 Å². The predicted octanol–water partition coefficient (Wildman–Crippen LogP) is -1.24. The molecule has 1 rings (SSSR count). The minimum absolute atomic E-state index is 0. The molecule has 0 atom stereocenters. The summed E-state index contributed by atoms with van der Waals surface area (Å²) in [5.41, 5.74) is -1.64. The number of benzene rings is 1. The molecule has 0 spiro atoms. The summed E-state index contributed by atoms with van der Waals surface area (Å²) in [6.45, 7) is 0. The first-order chi connectivity index (χ1) is 7.82. The first-order valence-electron chi connectivity index (χ1n) is 3.73. The molecule has 0 amide bonds. The minimum atomic E-state index is -3.00. The number of nitro benzene ring substituents is 2. The second kappa shape index (κ2) is 7.33. The molecule has 92 valence electrons. The third-order valence-corrected chi connectivity index (χ3v) is 2.28. The zero-order valence-corrected chi connectivity index (χ0v) is 13.4. The zero-order chi connectivity index (χ0) is 13.2. The first kappa shape index (κ1) is 17.7. The van der Waals surface area contributed by atoms with E-state index in [2.05, 4.69) is 4.18 Å². The maximum absolute atomic E-state index is 10.5. The Morgan fingerprint density at radius 2 is 1.50 bits per heavy atom. The van der Waals surface area contributed by atoms with E-state index < -0.39 is 43.0 Å². The van der Waals surface area contributed by atoms with Crippen LogP contribution in [0.25, 0.3) is 0 Å². The van der Waals surface area contributed by atoms with Crippen LogP contribution >= 0.6 is 11.6 Å². The molecular weight excluding hydrogens is 319 g/mol. The van der Waals surface area contributed by atoms with Crippen molar-refractivity contribution in [2.24, 2.45) is 0 Å². The van der Waals surface area contributed by atoms with Crippen molar-refractivity contribution in [1.82, 2.24) is 0 Å². The Morgan fingerprint density at radius 1 is 1.11 bits per heavy atom. The molecule has 0 unspecified atom stereocenters. The topological polar surface area (TPSA) is 130 Å². The van der Waals surface area contributed by atoms with Crippen LogP contribution in [0.15, 0.2) is 12.1 Å². The van der Waals surface area contributed by atoms with Crippen LogP contribution < -0.4 is 55.6 Å². The Bertz CT molecular complexity index is 532. The molecule has 0 aromatic heterocycles. The molecule has 18 heavy (non-hydrogen) atoms. The Labute approximate surface area is 149 Å². The van der Waals surface area contributed by atoms with E-state index in [4.69, 9.17) is 11.6 Å². The number of hydrogen-bond donors (Lipinski definition) is 0. The SMILES string of the molecule is O=[N+]([O-])c1cc(O[S-](=O)=O)cc([N+](=O)[O-])c1Cl.[K+]. The van der Waals surface area contributed by atoms with Crippen molar-refractivity contribution >= 4 is 34.0 Å². The van der Waals surface area contributed by atoms with Crippen molar-refractivity contribution in [3.05, 3.63) is 37.4 Å². The van der Waals surface area contributed by atoms with Gasteiger partial charge in [-0.2, -0.15) is 0 Å². The zero-order valence-electron chi connectivity index (χ0n) is 8.69. The van der Waals surface area contributed by atoms with E-state index in [9.17, 15) is 28.6 Å². The Morgan fingerprint density at radius 3 is 1.78 bits per heavy atom. The molecule has 0 saturated carbocycles. The second-order valence-corrected chi connectivity index (χ2v) is 3.53. The van der Waals surface area contributed by atoms with Gasteiger partial charge >= 0.3 is 51.4 Å². The van der Waals surface area contributed by atoms with Gasteiger partial charge in [-0.3, -0.25) is 20.2 Å². The Balaban J connectivity index is 0.00000289. The van der Waals surface area contributed by atoms with Gasteiger partial charge in [0.05, 0.1) is 22.0 Å². The van der Waals surface area contributed by atoms with Crippen LogP contribution in [0.4, 0.5) is 11.4 Å². The van der Waals surface area contributed by atoms with Gasteiger partial charge in [0.15, 0.2) is 5.02 Å². The van der Waals surface area contributed by atoms with E-state index in [1.165, 1.54) is 0 Å². The van der Waals surface area contributed by atoms with E-state index in [-0.39, 0.29) is 51.4 Å². The van der Waals surface area contributed by atoms with Gasteiger partial charge in [0.2, 0.25) is 0 Å². The van der Waals surface area contributed by atoms with Crippen LogP contribution in [-0.2, 0) is 19.4 Å². The largest absolute Gasteiger partial charge is 1.00 e. The summed E-state index contributed by atoms with van der Waals surface area (Å²) < 4.78 is 24.5. The number of hydrogen-bond acceptors (Lipinski definition) is 8. The van der Waals surface area contributed by atoms with Crippen LogP contribution in [0, 0.1) is 20.2 Å². The van der Waals surface area contributed by atoms with Crippen LogP contribution in [0.2, 0.25) is 5.02 Å². The van der Waals surface area contributed by atoms with E-state index >= 15 is 0 Å². The third kappa shape index (κ3) is 4.42. The van der Waals surface area contributed by atoms with Gasteiger partial charge in [-0.05, 0) is 0 Å². The maximum atomic E-state index is 10.5. The van der Waals surface area contributed by atoms with E-state index in [1.807, 2.05) is 0 Å². The molecular formula is C6H2ClKN2O7S. The maximum Gasteiger partial charge on any atom is 1.00 e. The Hall–Kier alpha value is -0.304. The fourth-order valence-electron chi connectivity index (χ4n) is 0.961. The summed E-state index contributed by atoms with van der Waals surface area (Å²) in [4.78, 5) is 19.1. The molecule has 0 saturated heterocycles. The van der Waals surface area contributed by atoms with Crippen molar-refractivity contribution < 1.29 is 73.8 Å². The standard InChI is InChI=1S/C6H2ClN2O7S.K/c7-6-4(8(10)11)1-3(16-17(14)15)2-5(6)9(12)13;/h1-2H;/q-1;+1. The molecule has 1 aromatic rings. The monoisotopic (exact) mass is 320 g/mol. The summed E-state index contributed by atoms with van der Waals surface area (Å²) in [7, 11) is -3.00. The number of nitro groups is 2. The molecule has 0 heterocycles. The predicted molar refractivity (Wildman–Crippen MR) is 54.1 cm³/mol. The average Bonchev–Trinajstić information content (AvgIpc) is 2.18. The number of nitrogens with zero attached hydrogens (tertiary/aromatic N) is 2. The van der Waals surface area contributed by atoms with Crippen molar-refractivity contribution in [1.29, 1.82) is 0 Å². The summed E-state index contributed by atoms with van der Waals surface area (Å²) >= 11 is 5.41. The van der Waals surface area contributed by atoms with Gasteiger partial charge in [-0.15, -0.1) is 0 Å². The smallest absolute Gasteiger partial charge is 0.532 e. The van der Waals surface area contributed by atoms with Crippen molar-refractivity contribution in [2.45, 2.75) is 0 Å². The summed E-state index contributed by atoms with van der Waals surface area (Å²) in [6, 6.07) is 1.34. The molecule has 12 heteroatoms. The van der Waals surface area contributed by atoms with Gasteiger partial charge in [-0.25, -0.2) is 0 Å². The van der Waals surface area contributed by atoms with Crippen LogP contribution in [0.3, 0.4) is 0 Å². The number of rotatable bonds is 4. The molecule has 0 bridgehead atoms. The second-order valence-electron chi connectivity index (χ2n) is 2.58. The normalized spacial score (nSPS) is 9.67. The molecule has 9 nitrogen and oxygen atoms in total. The molecule has 0 N–H and O–H groups in total.